The van der Waals surface area contributed by atoms with E-state index in [1.54, 1.807) is 16.8 Å². The van der Waals surface area contributed by atoms with E-state index in [0.29, 0.717) is 17.6 Å². The van der Waals surface area contributed by atoms with Gasteiger partial charge in [-0.05, 0) is 43.7 Å². The van der Waals surface area contributed by atoms with Crippen LogP contribution in [0, 0.1) is 12.7 Å². The normalized spacial score (nSPS) is 17.9. The fourth-order valence-corrected chi connectivity index (χ4v) is 4.24. The zero-order valence-corrected chi connectivity index (χ0v) is 16.7. The summed E-state index contributed by atoms with van der Waals surface area (Å²) in [7, 11) is 0. The van der Waals surface area contributed by atoms with Crippen LogP contribution >= 0.6 is 11.8 Å². The van der Waals surface area contributed by atoms with Gasteiger partial charge in [-0.2, -0.15) is 0 Å². The molecule has 0 saturated heterocycles. The van der Waals surface area contributed by atoms with Gasteiger partial charge in [0, 0.05) is 0 Å². The van der Waals surface area contributed by atoms with Gasteiger partial charge >= 0.3 is 0 Å². The summed E-state index contributed by atoms with van der Waals surface area (Å²) >= 11 is 1.29. The molecule has 0 spiro atoms. The third kappa shape index (κ3) is 3.91. The predicted molar refractivity (Wildman–Crippen MR) is 109 cm³/mol. The molecule has 1 aromatic heterocycles. The van der Waals surface area contributed by atoms with Crippen LogP contribution in [-0.4, -0.2) is 32.6 Å². The van der Waals surface area contributed by atoms with Gasteiger partial charge < -0.3 is 15.5 Å². The Kier molecular flexibility index (Phi) is 5.39. The molecule has 150 valence electrons. The zero-order valence-electron chi connectivity index (χ0n) is 15.9. The molecule has 29 heavy (non-hydrogen) atoms. The smallest absolute Gasteiger partial charge is 0.240 e. The van der Waals surface area contributed by atoms with Crippen molar-refractivity contribution < 1.29 is 13.9 Å². The summed E-state index contributed by atoms with van der Waals surface area (Å²) in [6.45, 7) is 4.33. The van der Waals surface area contributed by atoms with Gasteiger partial charge in [-0.15, -0.1) is 10.2 Å². The molecule has 2 N–H and O–H groups in total. The number of fused-ring (bicyclic) bond motifs is 1. The lowest BCUT2D eigenvalue weighted by molar-refractivity contribution is -0.116. The highest BCUT2D eigenvalue weighted by Crippen LogP contribution is 2.38. The molecule has 3 aromatic rings. The largest absolute Gasteiger partial charge is 0.494 e. The van der Waals surface area contributed by atoms with Crippen LogP contribution < -0.4 is 15.5 Å². The number of carbonyl (C=O) groups excluding carboxylic acids is 1. The van der Waals surface area contributed by atoms with Crippen molar-refractivity contribution in [3.63, 3.8) is 0 Å². The number of rotatable bonds is 5. The standard InChI is InChI=1S/C20H20FN5O2S/c1-3-28-14-10-8-13(9-11-14)17-18(29-20-24-23-12(2)26(20)25-17)19(27)22-16-7-5-4-6-15(16)21/h4-11,17-18,25H,3H2,1-2H3,(H,22,27)/t17-,18+/m1/s1. The van der Waals surface area contributed by atoms with Crippen LogP contribution in [0.2, 0.25) is 0 Å². The van der Waals surface area contributed by atoms with Crippen LogP contribution in [0.5, 0.6) is 5.75 Å². The van der Waals surface area contributed by atoms with Crippen LogP contribution in [0.3, 0.4) is 0 Å². The minimum absolute atomic E-state index is 0.145. The van der Waals surface area contributed by atoms with E-state index in [2.05, 4.69) is 20.9 Å². The average molecular weight is 413 g/mol. The molecule has 1 aliphatic heterocycles. The summed E-state index contributed by atoms with van der Waals surface area (Å²) in [4.78, 5) is 13.1. The molecular formula is C20H20FN5O2S. The number of halogens is 1. The summed E-state index contributed by atoms with van der Waals surface area (Å²) in [5, 5.41) is 10.9. The first kappa shape index (κ1) is 19.3. The topological polar surface area (TPSA) is 81.1 Å². The Morgan fingerprint density at radius 1 is 1.24 bits per heavy atom. The SMILES string of the molecule is CCOc1ccc([C@H]2Nn3c(C)nnc3S[C@@H]2C(=O)Nc2ccccc2F)cc1. The Morgan fingerprint density at radius 2 is 2.00 bits per heavy atom. The minimum atomic E-state index is -0.580. The number of hydrogen-bond donors (Lipinski definition) is 2. The number of benzene rings is 2. The van der Waals surface area contributed by atoms with Crippen molar-refractivity contribution in [1.29, 1.82) is 0 Å². The third-order valence-electron chi connectivity index (χ3n) is 4.54. The quantitative estimate of drug-likeness (QED) is 0.666. The van der Waals surface area contributed by atoms with Crippen LogP contribution in [0.25, 0.3) is 0 Å². The molecule has 0 saturated carbocycles. The molecule has 0 aliphatic carbocycles. The van der Waals surface area contributed by atoms with Crippen molar-refractivity contribution in [2.45, 2.75) is 30.3 Å². The highest BCUT2D eigenvalue weighted by atomic mass is 32.2. The second-order valence-corrected chi connectivity index (χ2v) is 7.59. The summed E-state index contributed by atoms with van der Waals surface area (Å²) in [6.07, 6.45) is 0. The van der Waals surface area contributed by atoms with E-state index < -0.39 is 11.1 Å². The fourth-order valence-electron chi connectivity index (χ4n) is 3.12. The number of ether oxygens (including phenoxy) is 1. The van der Waals surface area contributed by atoms with Gasteiger partial charge in [-0.25, -0.2) is 9.07 Å². The molecule has 2 atom stereocenters. The number of anilines is 1. The first-order chi connectivity index (χ1) is 14.1. The molecule has 2 heterocycles. The van der Waals surface area contributed by atoms with E-state index >= 15 is 0 Å². The molecule has 1 amide bonds. The van der Waals surface area contributed by atoms with E-state index in [1.165, 1.54) is 23.9 Å². The number of hydrogen-bond acceptors (Lipinski definition) is 6. The molecule has 4 rings (SSSR count). The number of carbonyl (C=O) groups is 1. The molecule has 7 nitrogen and oxygen atoms in total. The van der Waals surface area contributed by atoms with Crippen molar-refractivity contribution in [3.05, 3.63) is 65.7 Å². The Labute approximate surface area is 171 Å². The molecular weight excluding hydrogens is 393 g/mol. The van der Waals surface area contributed by atoms with Gasteiger partial charge in [0.25, 0.3) is 0 Å². The van der Waals surface area contributed by atoms with Crippen molar-refractivity contribution in [2.75, 3.05) is 17.3 Å². The van der Waals surface area contributed by atoms with Gasteiger partial charge in [0.15, 0.2) is 0 Å². The molecule has 2 aromatic carbocycles. The Bertz CT molecular complexity index is 1020. The monoisotopic (exact) mass is 413 g/mol. The van der Waals surface area contributed by atoms with Crippen LogP contribution in [0.1, 0.15) is 24.4 Å². The van der Waals surface area contributed by atoms with Gasteiger partial charge in [-0.3, -0.25) is 4.79 Å². The number of para-hydroxylation sites is 1. The Morgan fingerprint density at radius 3 is 2.72 bits per heavy atom. The predicted octanol–water partition coefficient (Wildman–Crippen LogP) is 3.52. The molecule has 1 aliphatic rings. The van der Waals surface area contributed by atoms with Crippen LogP contribution in [-0.2, 0) is 4.79 Å². The van der Waals surface area contributed by atoms with Crippen molar-refractivity contribution in [1.82, 2.24) is 14.9 Å². The Balaban J connectivity index is 1.65. The lowest BCUT2D eigenvalue weighted by atomic mass is 10.0. The Hall–Kier alpha value is -3.07. The van der Waals surface area contributed by atoms with Crippen molar-refractivity contribution >= 4 is 23.4 Å². The molecule has 0 fully saturated rings. The fraction of sp³-hybridized carbons (Fsp3) is 0.250. The second-order valence-electron chi connectivity index (χ2n) is 6.48. The second kappa shape index (κ2) is 8.12. The van der Waals surface area contributed by atoms with Crippen LogP contribution in [0.4, 0.5) is 10.1 Å². The van der Waals surface area contributed by atoms with Gasteiger partial charge in [-0.1, -0.05) is 36.0 Å². The van der Waals surface area contributed by atoms with E-state index in [1.807, 2.05) is 38.1 Å². The molecule has 0 radical (unpaired) electrons. The highest BCUT2D eigenvalue weighted by molar-refractivity contribution is 8.00. The third-order valence-corrected chi connectivity index (χ3v) is 5.75. The number of nitrogens with one attached hydrogen (secondary N) is 2. The van der Waals surface area contributed by atoms with E-state index in [9.17, 15) is 9.18 Å². The number of nitrogens with zero attached hydrogens (tertiary/aromatic N) is 3. The summed E-state index contributed by atoms with van der Waals surface area (Å²) in [6, 6.07) is 13.3. The van der Waals surface area contributed by atoms with Gasteiger partial charge in [0.1, 0.15) is 22.6 Å². The van der Waals surface area contributed by atoms with Gasteiger partial charge in [0.2, 0.25) is 11.1 Å². The molecule has 9 heteroatoms. The maximum Gasteiger partial charge on any atom is 0.240 e. The molecule has 0 unspecified atom stereocenters. The average Bonchev–Trinajstić information content (AvgIpc) is 3.10. The first-order valence-electron chi connectivity index (χ1n) is 9.20. The van der Waals surface area contributed by atoms with Crippen molar-refractivity contribution in [2.24, 2.45) is 0 Å². The maximum atomic E-state index is 14.0. The van der Waals surface area contributed by atoms with Gasteiger partial charge in [0.05, 0.1) is 18.3 Å². The van der Waals surface area contributed by atoms with Crippen LogP contribution in [0.15, 0.2) is 53.7 Å². The maximum absolute atomic E-state index is 14.0. The van der Waals surface area contributed by atoms with E-state index in [0.717, 1.165) is 11.3 Å². The number of aryl methyl sites for hydroxylation is 1. The lowest BCUT2D eigenvalue weighted by Crippen LogP contribution is -2.41. The summed E-state index contributed by atoms with van der Waals surface area (Å²) in [5.74, 6) is 0.647. The molecule has 0 bridgehead atoms. The summed E-state index contributed by atoms with van der Waals surface area (Å²) in [5.41, 5.74) is 4.36. The lowest BCUT2D eigenvalue weighted by Gasteiger charge is -2.32. The summed E-state index contributed by atoms with van der Waals surface area (Å²) < 4.78 is 21.3. The highest BCUT2D eigenvalue weighted by Gasteiger charge is 2.37. The first-order valence-corrected chi connectivity index (χ1v) is 10.1. The van der Waals surface area contributed by atoms with E-state index in [-0.39, 0.29) is 17.6 Å². The number of aromatic nitrogens is 3. The number of thioether (sulfide) groups is 1. The van der Waals surface area contributed by atoms with E-state index in [4.69, 9.17) is 4.74 Å². The zero-order chi connectivity index (χ0) is 20.4. The van der Waals surface area contributed by atoms with Crippen molar-refractivity contribution in [3.8, 4) is 5.75 Å². The number of amides is 1. The minimum Gasteiger partial charge on any atom is -0.494 e.